The maximum atomic E-state index is 15.3. The molecule has 0 aliphatic carbocycles. The van der Waals surface area contributed by atoms with Crippen LogP contribution in [0.15, 0.2) is 199 Å². The van der Waals surface area contributed by atoms with Crippen molar-refractivity contribution in [3.8, 4) is 32.4 Å². The first-order chi connectivity index (χ1) is 44.1. The monoisotopic (exact) mass is 1290 g/mol. The minimum absolute atomic E-state index is 0.142. The van der Waals surface area contributed by atoms with Crippen LogP contribution < -0.4 is 41.9 Å². The predicted octanol–water partition coefficient (Wildman–Crippen LogP) is 10.1. The quantitative estimate of drug-likeness (QED) is 0.0323. The molecule has 0 spiro atoms. The minimum atomic E-state index is -4.92. The molecule has 92 heavy (non-hydrogen) atoms. The summed E-state index contributed by atoms with van der Waals surface area (Å²) in [5.74, 6) is -6.51. The summed E-state index contributed by atoms with van der Waals surface area (Å²) in [4.78, 5) is 133. The van der Waals surface area contributed by atoms with Crippen LogP contribution in [-0.4, -0.2) is 33.8 Å². The number of hydrogen-bond acceptors (Lipinski definition) is 20. The second kappa shape index (κ2) is 23.0. The summed E-state index contributed by atoms with van der Waals surface area (Å²) >= 11 is 1.14. The number of alkyl halides is 6. The summed E-state index contributed by atoms with van der Waals surface area (Å²) in [6.45, 7) is -1.93. The Morgan fingerprint density at radius 1 is 0.413 bits per heavy atom. The topological polar surface area (TPSA) is 242 Å². The van der Waals surface area contributed by atoms with Crippen LogP contribution in [0.5, 0.6) is 11.5 Å². The largest absolute Gasteiger partial charge is 0.458 e. The van der Waals surface area contributed by atoms with Crippen molar-refractivity contribution in [2.45, 2.75) is 50.0 Å². The summed E-state index contributed by atoms with van der Waals surface area (Å²) in [5, 5.41) is -4.15. The Balaban J connectivity index is 1.05. The van der Waals surface area contributed by atoms with Crippen LogP contribution in [-0.2, 0) is 88.1 Å². The number of fused-ring (bicyclic) bond motifs is 8. The summed E-state index contributed by atoms with van der Waals surface area (Å²) in [6, 6.07) is 39.3. The van der Waals surface area contributed by atoms with Crippen LogP contribution in [0, 0.1) is 0 Å². The molecule has 2 aliphatic rings. The van der Waals surface area contributed by atoms with Crippen molar-refractivity contribution in [2.75, 3.05) is 0 Å². The van der Waals surface area contributed by atoms with Gasteiger partial charge in [0.15, 0.2) is 0 Å². The molecule has 13 rings (SSSR count). The Hall–Kier alpha value is -11.1. The van der Waals surface area contributed by atoms with E-state index >= 15 is 19.2 Å². The number of thiazole rings is 2. The van der Waals surface area contributed by atoms with Gasteiger partial charge in [-0.05, 0) is 58.7 Å². The Morgan fingerprint density at radius 2 is 0.717 bits per heavy atom. The second-order valence-electron chi connectivity index (χ2n) is 20.8. The molecule has 0 N–H and O–H groups in total. The third kappa shape index (κ3) is 10.6. The Bertz CT molecular complexity index is 4750. The van der Waals surface area contributed by atoms with Crippen molar-refractivity contribution in [1.29, 1.82) is 0 Å². The molecule has 4 heterocycles. The third-order valence-electron chi connectivity index (χ3n) is 14.9. The number of carbonyl (C=O) groups excluding carboxylic acids is 4. The van der Waals surface area contributed by atoms with E-state index in [1.54, 1.807) is 121 Å². The lowest BCUT2D eigenvalue weighted by atomic mass is 9.89. The van der Waals surface area contributed by atoms with Crippen molar-refractivity contribution >= 4 is 78.4 Å². The van der Waals surface area contributed by atoms with Gasteiger partial charge in [-0.2, -0.15) is 26.3 Å². The van der Waals surface area contributed by atoms with Crippen molar-refractivity contribution in [3.63, 3.8) is 0 Å². The van der Waals surface area contributed by atoms with E-state index in [4.69, 9.17) is 28.4 Å². The van der Waals surface area contributed by atoms with Crippen LogP contribution in [0.1, 0.15) is 44.8 Å². The van der Waals surface area contributed by atoms with E-state index in [0.29, 0.717) is 69.2 Å². The molecule has 0 fully saturated rings. The Morgan fingerprint density at radius 3 is 1.01 bits per heavy atom. The highest BCUT2D eigenvalue weighted by Gasteiger charge is 2.63. The molecule has 0 radical (unpaired) electrons. The molecule has 2 aromatic heterocycles. The molecular formula is C66H36F6N4O14S2. The third-order valence-corrected chi connectivity index (χ3v) is 16.9. The van der Waals surface area contributed by atoms with Gasteiger partial charge in [-0.15, -0.1) is 0 Å². The van der Waals surface area contributed by atoms with Crippen LogP contribution in [0.3, 0.4) is 0 Å². The molecule has 0 bridgehead atoms. The average Bonchev–Trinajstić information content (AvgIpc) is 1.29. The zero-order valence-corrected chi connectivity index (χ0v) is 48.2. The number of hydrogen-bond donors (Lipinski definition) is 0. The number of halogens is 6. The molecule has 11 aromatic rings. The Labute approximate surface area is 518 Å². The van der Waals surface area contributed by atoms with E-state index in [2.05, 4.69) is 20.0 Å². The molecular weight excluding hydrogens is 1250 g/mol. The molecule has 0 amide bonds. The fraction of sp³-hybridized carbons (Fsp3) is 0.121. The first kappa shape index (κ1) is 59.8. The van der Waals surface area contributed by atoms with E-state index in [-0.39, 0.29) is 31.7 Å². The van der Waals surface area contributed by atoms with Crippen molar-refractivity contribution in [3.05, 3.63) is 266 Å². The van der Waals surface area contributed by atoms with Gasteiger partial charge in [0.25, 0.3) is 10.9 Å². The van der Waals surface area contributed by atoms with Gasteiger partial charge in [0, 0.05) is 32.7 Å². The van der Waals surface area contributed by atoms with E-state index in [1.165, 1.54) is 12.1 Å². The SMILES string of the molecule is O=C(OCc1ccccc1)C1(C(=O)OCc2ccccc2)Oc2cc3c(cc2-c2sc(/N=c4\c(=O)c(=O)c5cc(C(F)(F)F)ccc45)nc21)OC(C(=O)OCc1ccccc1)(C(=O)OCc1ccccc1)c1nc(/N=c2\c(=O)c(=O)c4cc(C(F)(F)F)ccc24)sc1-3. The zero-order valence-electron chi connectivity index (χ0n) is 46.6. The van der Waals surface area contributed by atoms with E-state index < -0.39 is 161 Å². The van der Waals surface area contributed by atoms with Gasteiger partial charge in [0.2, 0.25) is 21.1 Å². The number of rotatable bonds is 14. The lowest BCUT2D eigenvalue weighted by molar-refractivity contribution is -0.185. The highest BCUT2D eigenvalue weighted by atomic mass is 32.1. The molecule has 458 valence electrons. The summed E-state index contributed by atoms with van der Waals surface area (Å²) in [5.41, 5.74) is -13.7. The maximum Gasteiger partial charge on any atom is 0.416 e. The normalized spacial score (nSPS) is 14.1. The zero-order chi connectivity index (χ0) is 64.4. The van der Waals surface area contributed by atoms with Gasteiger partial charge < -0.3 is 28.4 Å². The molecule has 0 saturated carbocycles. The van der Waals surface area contributed by atoms with Crippen molar-refractivity contribution < 1.29 is 73.9 Å². The smallest absolute Gasteiger partial charge is 0.416 e. The number of nitrogens with zero attached hydrogens (tertiary/aromatic N) is 4. The van der Waals surface area contributed by atoms with Crippen LogP contribution in [0.4, 0.5) is 36.6 Å². The Kier molecular flexibility index (Phi) is 15.0. The molecule has 2 aliphatic heterocycles. The number of aromatic nitrogens is 2. The maximum absolute atomic E-state index is 15.3. The van der Waals surface area contributed by atoms with Gasteiger partial charge in [-0.1, -0.05) is 156 Å². The van der Waals surface area contributed by atoms with Crippen LogP contribution in [0.25, 0.3) is 42.4 Å². The van der Waals surface area contributed by atoms with Gasteiger partial charge in [0.05, 0.1) is 20.9 Å². The molecule has 0 unspecified atom stereocenters. The summed E-state index contributed by atoms with van der Waals surface area (Å²) < 4.78 is 120. The second-order valence-corrected chi connectivity index (χ2v) is 22.7. The van der Waals surface area contributed by atoms with E-state index in [1.807, 2.05) is 0 Å². The molecule has 9 aromatic carbocycles. The van der Waals surface area contributed by atoms with Gasteiger partial charge in [0.1, 0.15) is 60.0 Å². The molecule has 0 atom stereocenters. The summed E-state index contributed by atoms with van der Waals surface area (Å²) in [6.07, 6.45) is -9.83. The van der Waals surface area contributed by atoms with E-state index in [9.17, 15) is 45.5 Å². The van der Waals surface area contributed by atoms with Crippen molar-refractivity contribution in [2.24, 2.45) is 9.98 Å². The van der Waals surface area contributed by atoms with Gasteiger partial charge >= 0.3 is 47.4 Å². The fourth-order valence-corrected chi connectivity index (χ4v) is 12.5. The summed E-state index contributed by atoms with van der Waals surface area (Å²) in [7, 11) is 0. The average molecular weight is 1290 g/mol. The number of carbonyl (C=O) groups is 4. The van der Waals surface area contributed by atoms with Crippen LogP contribution >= 0.6 is 22.7 Å². The van der Waals surface area contributed by atoms with Gasteiger partial charge in [-0.25, -0.2) is 39.1 Å². The lowest BCUT2D eigenvalue weighted by Crippen LogP contribution is -2.53. The number of ether oxygens (including phenoxy) is 6. The van der Waals surface area contributed by atoms with Crippen LogP contribution in [0.2, 0.25) is 0 Å². The first-order valence-corrected chi connectivity index (χ1v) is 29.0. The van der Waals surface area contributed by atoms with Crippen molar-refractivity contribution in [1.82, 2.24) is 9.97 Å². The predicted molar refractivity (Wildman–Crippen MR) is 316 cm³/mol. The highest BCUT2D eigenvalue weighted by molar-refractivity contribution is 7.19. The van der Waals surface area contributed by atoms with E-state index in [0.717, 1.165) is 12.1 Å². The standard InChI is InChI=1S/C66H36F6N4O14S2/c67-65(68,69)37-21-23-39-41(25-37)49(77)51(79)47(39)73-61-75-55-53(91-61)43-28-46-44(27-45(43)89-63(55,57(81)85-29-33-13-5-1-6-14-33)58(82)86-30-34-15-7-2-8-16-34)54-56(76-62(92-54)74-48-40-24-22-38(66(70,71)72)26-42(40)50(78)52(48)80)64(90-46,59(83)87-31-35-17-9-3-10-18-35)60(84)88-32-36-19-11-4-12-20-36/h1-28H,29-32H2/b73-47-,74-48-. The lowest BCUT2D eigenvalue weighted by Gasteiger charge is -2.36. The minimum Gasteiger partial charge on any atom is -0.458 e. The molecule has 26 heteroatoms. The molecule has 18 nitrogen and oxygen atoms in total. The molecule has 0 saturated heterocycles. The fourth-order valence-electron chi connectivity index (χ4n) is 10.4. The first-order valence-electron chi connectivity index (χ1n) is 27.3. The highest BCUT2D eigenvalue weighted by Crippen LogP contribution is 2.58. The number of benzene rings is 7. The number of esters is 4. The van der Waals surface area contributed by atoms with Gasteiger partial charge in [-0.3, -0.25) is 19.2 Å².